The first kappa shape index (κ1) is 18.2. The zero-order valence-electron chi connectivity index (χ0n) is 14.4. The summed E-state index contributed by atoms with van der Waals surface area (Å²) < 4.78 is 7.16. The number of ether oxygens (including phenoxy) is 1. The van der Waals surface area contributed by atoms with E-state index in [2.05, 4.69) is 5.10 Å². The molecule has 0 aliphatic heterocycles. The van der Waals surface area contributed by atoms with Gasteiger partial charge in [-0.3, -0.25) is 9.48 Å². The van der Waals surface area contributed by atoms with Gasteiger partial charge in [-0.15, -0.1) is 0 Å². The number of rotatable bonds is 7. The molecular weight excluding hydrogens is 282 g/mol. The summed E-state index contributed by atoms with van der Waals surface area (Å²) in [6.45, 7) is 9.84. The summed E-state index contributed by atoms with van der Waals surface area (Å²) in [7, 11) is 1.81. The molecule has 0 saturated heterocycles. The molecule has 0 spiro atoms. The van der Waals surface area contributed by atoms with Gasteiger partial charge in [0.1, 0.15) is 11.6 Å². The van der Waals surface area contributed by atoms with Crippen LogP contribution in [-0.4, -0.2) is 38.7 Å². The van der Waals surface area contributed by atoms with Crippen molar-refractivity contribution in [3.8, 4) is 0 Å². The average molecular weight is 309 g/mol. The maximum atomic E-state index is 12.5. The molecule has 1 atom stereocenters. The van der Waals surface area contributed by atoms with Gasteiger partial charge in [-0.05, 0) is 39.2 Å². The Balaban J connectivity index is 2.94. The van der Waals surface area contributed by atoms with Crippen LogP contribution in [0.5, 0.6) is 0 Å². The number of aromatic nitrogens is 2. The standard InChI is InChI=1S/C16H27N3O3/c1-12(2)9-14(15(21)22-16(3,4)5)19(11-20)10-13-7-8-17-18(13)6/h7-8,11-12,14H,9-10H2,1-6H3/t14-/m1/s1. The molecule has 0 aromatic carbocycles. The van der Waals surface area contributed by atoms with Crippen molar-refractivity contribution in [3.05, 3.63) is 18.0 Å². The minimum Gasteiger partial charge on any atom is -0.458 e. The molecule has 6 heteroatoms. The van der Waals surface area contributed by atoms with E-state index in [1.54, 1.807) is 10.9 Å². The topological polar surface area (TPSA) is 64.4 Å². The lowest BCUT2D eigenvalue weighted by atomic mass is 10.0. The van der Waals surface area contributed by atoms with E-state index in [0.717, 1.165) is 5.69 Å². The van der Waals surface area contributed by atoms with Crippen LogP contribution in [0.15, 0.2) is 12.3 Å². The summed E-state index contributed by atoms with van der Waals surface area (Å²) in [5, 5.41) is 4.09. The van der Waals surface area contributed by atoms with Gasteiger partial charge in [-0.25, -0.2) is 4.79 Å². The largest absolute Gasteiger partial charge is 0.458 e. The number of hydrogen-bond acceptors (Lipinski definition) is 4. The third-order valence-electron chi connectivity index (χ3n) is 3.18. The van der Waals surface area contributed by atoms with Crippen molar-refractivity contribution >= 4 is 12.4 Å². The Labute approximate surface area is 132 Å². The molecule has 0 unspecified atom stereocenters. The van der Waals surface area contributed by atoms with E-state index in [0.29, 0.717) is 19.4 Å². The van der Waals surface area contributed by atoms with Crippen molar-refractivity contribution < 1.29 is 14.3 Å². The highest BCUT2D eigenvalue weighted by Gasteiger charge is 2.30. The monoisotopic (exact) mass is 309 g/mol. The maximum Gasteiger partial charge on any atom is 0.329 e. The van der Waals surface area contributed by atoms with E-state index in [-0.39, 0.29) is 11.9 Å². The van der Waals surface area contributed by atoms with Crippen LogP contribution in [0.2, 0.25) is 0 Å². The Hall–Kier alpha value is -1.85. The van der Waals surface area contributed by atoms with Crippen molar-refractivity contribution in [2.75, 3.05) is 0 Å². The molecule has 0 aliphatic carbocycles. The van der Waals surface area contributed by atoms with Crippen LogP contribution >= 0.6 is 0 Å². The highest BCUT2D eigenvalue weighted by molar-refractivity contribution is 5.78. The first-order chi connectivity index (χ1) is 10.1. The lowest BCUT2D eigenvalue weighted by Gasteiger charge is -2.31. The molecular formula is C16H27N3O3. The summed E-state index contributed by atoms with van der Waals surface area (Å²) in [6, 6.07) is 1.24. The van der Waals surface area contributed by atoms with E-state index in [9.17, 15) is 9.59 Å². The van der Waals surface area contributed by atoms with Crippen molar-refractivity contribution in [2.24, 2.45) is 13.0 Å². The van der Waals surface area contributed by atoms with E-state index in [4.69, 9.17) is 4.74 Å². The SMILES string of the molecule is CC(C)C[C@H](C(=O)OC(C)(C)C)N(C=O)Cc1ccnn1C. The Kier molecular flexibility index (Phi) is 6.14. The fourth-order valence-corrected chi connectivity index (χ4v) is 2.15. The molecule has 0 aliphatic rings. The van der Waals surface area contributed by atoms with Gasteiger partial charge in [0, 0.05) is 13.2 Å². The van der Waals surface area contributed by atoms with E-state index < -0.39 is 11.6 Å². The molecule has 0 saturated carbocycles. The van der Waals surface area contributed by atoms with Crippen LogP contribution in [0, 0.1) is 5.92 Å². The van der Waals surface area contributed by atoms with E-state index in [1.807, 2.05) is 47.7 Å². The van der Waals surface area contributed by atoms with Gasteiger partial charge in [0.2, 0.25) is 6.41 Å². The van der Waals surface area contributed by atoms with Crippen LogP contribution in [0.4, 0.5) is 0 Å². The fourth-order valence-electron chi connectivity index (χ4n) is 2.15. The molecule has 0 fully saturated rings. The summed E-state index contributed by atoms with van der Waals surface area (Å²) in [5.74, 6) is -0.0954. The average Bonchev–Trinajstić information content (AvgIpc) is 2.76. The van der Waals surface area contributed by atoms with Gasteiger partial charge in [0.15, 0.2) is 0 Å². The maximum absolute atomic E-state index is 12.5. The summed E-state index contributed by atoms with van der Waals surface area (Å²) in [4.78, 5) is 25.5. The normalized spacial score (nSPS) is 13.0. The molecule has 0 bridgehead atoms. The van der Waals surface area contributed by atoms with Crippen LogP contribution < -0.4 is 0 Å². The fraction of sp³-hybridized carbons (Fsp3) is 0.688. The summed E-state index contributed by atoms with van der Waals surface area (Å²) in [5.41, 5.74) is 0.289. The summed E-state index contributed by atoms with van der Waals surface area (Å²) in [6.07, 6.45) is 2.94. The van der Waals surface area contributed by atoms with E-state index in [1.165, 1.54) is 4.90 Å². The molecule has 22 heavy (non-hydrogen) atoms. The number of carbonyl (C=O) groups excluding carboxylic acids is 2. The minimum absolute atomic E-state index is 0.270. The van der Waals surface area contributed by atoms with Gasteiger partial charge in [-0.1, -0.05) is 13.8 Å². The first-order valence-electron chi connectivity index (χ1n) is 7.55. The Bertz CT molecular complexity index is 503. The van der Waals surface area contributed by atoms with Gasteiger partial charge in [0.05, 0.1) is 12.2 Å². The molecule has 124 valence electrons. The molecule has 1 heterocycles. The Morgan fingerprint density at radius 1 is 1.45 bits per heavy atom. The van der Waals surface area contributed by atoms with Gasteiger partial charge >= 0.3 is 5.97 Å². The zero-order valence-corrected chi connectivity index (χ0v) is 14.4. The van der Waals surface area contributed by atoms with Crippen LogP contribution in [0.1, 0.15) is 46.7 Å². The van der Waals surface area contributed by atoms with Crippen LogP contribution in [-0.2, 0) is 27.9 Å². The third-order valence-corrected chi connectivity index (χ3v) is 3.18. The Morgan fingerprint density at radius 3 is 2.50 bits per heavy atom. The molecule has 1 aromatic rings. The number of esters is 1. The second-order valence-electron chi connectivity index (χ2n) is 6.90. The molecule has 1 aromatic heterocycles. The molecule has 6 nitrogen and oxygen atoms in total. The molecule has 0 radical (unpaired) electrons. The number of hydrogen-bond donors (Lipinski definition) is 0. The minimum atomic E-state index is -0.591. The number of nitrogens with zero attached hydrogens (tertiary/aromatic N) is 3. The first-order valence-corrected chi connectivity index (χ1v) is 7.55. The van der Waals surface area contributed by atoms with Crippen molar-refractivity contribution in [3.63, 3.8) is 0 Å². The molecule has 0 N–H and O–H groups in total. The van der Waals surface area contributed by atoms with Gasteiger partial charge in [-0.2, -0.15) is 5.10 Å². The molecule has 1 rings (SSSR count). The summed E-state index contributed by atoms with van der Waals surface area (Å²) >= 11 is 0. The predicted molar refractivity (Wildman–Crippen MR) is 83.9 cm³/mol. The van der Waals surface area contributed by atoms with Crippen LogP contribution in [0.3, 0.4) is 0 Å². The number of carbonyl (C=O) groups is 2. The van der Waals surface area contributed by atoms with Gasteiger partial charge in [0.25, 0.3) is 0 Å². The Morgan fingerprint density at radius 2 is 2.09 bits per heavy atom. The lowest BCUT2D eigenvalue weighted by molar-refractivity contribution is -0.164. The highest BCUT2D eigenvalue weighted by Crippen LogP contribution is 2.18. The highest BCUT2D eigenvalue weighted by atomic mass is 16.6. The number of aryl methyl sites for hydroxylation is 1. The second kappa shape index (κ2) is 7.42. The quantitative estimate of drug-likeness (QED) is 0.572. The molecule has 1 amide bonds. The van der Waals surface area contributed by atoms with Crippen molar-refractivity contribution in [2.45, 2.75) is 59.2 Å². The third kappa shape index (κ3) is 5.50. The number of amides is 1. The van der Waals surface area contributed by atoms with Gasteiger partial charge < -0.3 is 9.64 Å². The van der Waals surface area contributed by atoms with Crippen molar-refractivity contribution in [1.82, 2.24) is 14.7 Å². The lowest BCUT2D eigenvalue weighted by Crippen LogP contribution is -2.44. The smallest absolute Gasteiger partial charge is 0.329 e. The van der Waals surface area contributed by atoms with E-state index >= 15 is 0 Å². The zero-order chi connectivity index (χ0) is 16.9. The van der Waals surface area contributed by atoms with Crippen molar-refractivity contribution in [1.29, 1.82) is 0 Å². The predicted octanol–water partition coefficient (Wildman–Crippen LogP) is 2.13. The van der Waals surface area contributed by atoms with Crippen LogP contribution in [0.25, 0.3) is 0 Å². The second-order valence-corrected chi connectivity index (χ2v) is 6.90.